The second-order valence-electron chi connectivity index (χ2n) is 13.5. The minimum Gasteiger partial charge on any atom is -0.496 e. The Balaban J connectivity index is 1.08. The van der Waals surface area contributed by atoms with E-state index in [0.717, 1.165) is 33.0 Å². The molecule has 0 atom stereocenters. The third kappa shape index (κ3) is 8.52. The van der Waals surface area contributed by atoms with E-state index in [4.69, 9.17) is 18.9 Å². The molecule has 8 heteroatoms. The maximum absolute atomic E-state index is 12.9. The quantitative estimate of drug-likeness (QED) is 0.155. The second kappa shape index (κ2) is 17.3. The predicted octanol–water partition coefficient (Wildman–Crippen LogP) is 9.81. The third-order valence-corrected chi connectivity index (χ3v) is 10.5. The molecular formula is C42H50N2O6. The molecular weight excluding hydrogens is 628 g/mol. The van der Waals surface area contributed by atoms with E-state index in [1.807, 2.05) is 36.4 Å². The molecule has 2 amide bonds. The lowest BCUT2D eigenvalue weighted by molar-refractivity contribution is 0.137. The highest BCUT2D eigenvalue weighted by Gasteiger charge is 2.21. The second-order valence-corrected chi connectivity index (χ2v) is 13.5. The number of carbonyl (C=O) groups is 2. The summed E-state index contributed by atoms with van der Waals surface area (Å²) in [6, 6.07) is 24.3. The van der Waals surface area contributed by atoms with Gasteiger partial charge in [-0.05, 0) is 77.3 Å². The van der Waals surface area contributed by atoms with Crippen molar-refractivity contribution in [1.82, 2.24) is 10.6 Å². The lowest BCUT2D eigenvalue weighted by atomic mass is 9.82. The third-order valence-electron chi connectivity index (χ3n) is 10.5. The van der Waals surface area contributed by atoms with Gasteiger partial charge in [-0.3, -0.25) is 0 Å². The van der Waals surface area contributed by atoms with Crippen molar-refractivity contribution in [3.05, 3.63) is 106 Å². The van der Waals surface area contributed by atoms with Crippen LogP contribution < -0.4 is 20.1 Å². The molecule has 6 rings (SSSR count). The maximum Gasteiger partial charge on any atom is 0.407 e. The molecule has 0 heterocycles. The first-order valence-electron chi connectivity index (χ1n) is 18.2. The van der Waals surface area contributed by atoms with Gasteiger partial charge in [0.15, 0.2) is 0 Å². The van der Waals surface area contributed by atoms with Crippen LogP contribution in [0.2, 0.25) is 0 Å². The number of nitrogens with one attached hydrogen (secondary N) is 2. The number of hydrogen-bond acceptors (Lipinski definition) is 6. The van der Waals surface area contributed by atoms with Crippen LogP contribution in [0.5, 0.6) is 11.5 Å². The molecule has 2 fully saturated rings. The molecule has 2 aliphatic rings. The van der Waals surface area contributed by atoms with Crippen molar-refractivity contribution in [3.8, 4) is 11.5 Å². The molecule has 4 aromatic rings. The van der Waals surface area contributed by atoms with E-state index in [-0.39, 0.29) is 26.3 Å². The fourth-order valence-electron chi connectivity index (χ4n) is 7.89. The number of amides is 2. The van der Waals surface area contributed by atoms with E-state index in [0.29, 0.717) is 23.3 Å². The molecule has 8 nitrogen and oxygen atoms in total. The fraction of sp³-hybridized carbons (Fsp3) is 0.429. The van der Waals surface area contributed by atoms with Gasteiger partial charge >= 0.3 is 12.2 Å². The van der Waals surface area contributed by atoms with Gasteiger partial charge in [0.05, 0.1) is 20.8 Å². The molecule has 0 bridgehead atoms. The Morgan fingerprint density at radius 3 is 1.64 bits per heavy atom. The molecule has 4 aromatic carbocycles. The summed E-state index contributed by atoms with van der Waals surface area (Å²) in [6.45, 7) is 0.902. The normalized spacial score (nSPS) is 15.3. The van der Waals surface area contributed by atoms with E-state index in [1.54, 1.807) is 14.2 Å². The van der Waals surface area contributed by atoms with E-state index in [1.165, 1.54) is 75.3 Å². The summed E-state index contributed by atoms with van der Waals surface area (Å²) in [4.78, 5) is 25.8. The minimum atomic E-state index is -0.491. The van der Waals surface area contributed by atoms with E-state index in [2.05, 4.69) is 47.0 Å². The Bertz CT molecular complexity index is 1760. The number of ether oxygens (including phenoxy) is 4. The number of methoxy groups -OCH3 is 2. The molecule has 0 saturated heterocycles. The Hall–Kier alpha value is -4.72. The van der Waals surface area contributed by atoms with E-state index < -0.39 is 12.2 Å². The van der Waals surface area contributed by atoms with Gasteiger partial charge < -0.3 is 29.6 Å². The van der Waals surface area contributed by atoms with Crippen LogP contribution in [-0.2, 0) is 35.8 Å². The average molecular weight is 679 g/mol. The minimum absolute atomic E-state index is 0.207. The van der Waals surface area contributed by atoms with Crippen LogP contribution in [0.3, 0.4) is 0 Å². The Morgan fingerprint density at radius 1 is 0.580 bits per heavy atom. The number of alkyl carbamates (subject to hydrolysis) is 2. The zero-order chi connectivity index (χ0) is 34.7. The standard InChI is InChI=1S/C42H50N2O6/c1-47-39-24-23-37-36(38(39)26-44-42(46)50-28-33-18-10-12-20-35(33)30-15-7-4-8-16-30)22-21-31(40(37)48-2)25-43-41(45)49-27-32-17-9-11-19-34(32)29-13-5-3-6-14-29/h9-12,17-24,29-30H,3-8,13-16,25-28H2,1-2H3,(H,43,45)(H,44,46). The van der Waals surface area contributed by atoms with Gasteiger partial charge in [-0.1, -0.05) is 99.2 Å². The lowest BCUT2D eigenvalue weighted by Crippen LogP contribution is -2.25. The van der Waals surface area contributed by atoms with Gasteiger partial charge in [-0.25, -0.2) is 9.59 Å². The Labute approximate surface area is 295 Å². The highest BCUT2D eigenvalue weighted by molar-refractivity contribution is 5.94. The summed E-state index contributed by atoms with van der Waals surface area (Å²) in [7, 11) is 3.23. The zero-order valence-corrected chi connectivity index (χ0v) is 29.4. The van der Waals surface area contributed by atoms with Crippen molar-refractivity contribution < 1.29 is 28.5 Å². The molecule has 50 heavy (non-hydrogen) atoms. The molecule has 2 N–H and O–H groups in total. The van der Waals surface area contributed by atoms with E-state index in [9.17, 15) is 9.59 Å². The topological polar surface area (TPSA) is 95.1 Å². The van der Waals surface area contributed by atoms with Crippen molar-refractivity contribution in [1.29, 1.82) is 0 Å². The molecule has 264 valence electrons. The number of hydrogen-bond donors (Lipinski definition) is 2. The summed E-state index contributed by atoms with van der Waals surface area (Å²) in [5.74, 6) is 2.34. The van der Waals surface area contributed by atoms with E-state index >= 15 is 0 Å². The van der Waals surface area contributed by atoms with Crippen molar-refractivity contribution in [2.24, 2.45) is 0 Å². The molecule has 2 aliphatic carbocycles. The van der Waals surface area contributed by atoms with Crippen molar-refractivity contribution >= 4 is 23.0 Å². The first-order chi connectivity index (χ1) is 24.6. The average Bonchev–Trinajstić information content (AvgIpc) is 3.18. The molecule has 0 aliphatic heterocycles. The SMILES string of the molecule is COc1ccc2c(OC)c(CNC(=O)OCc3ccccc3C3CCCCC3)ccc2c1CNC(=O)OCc1ccccc1C1CCCCC1. The lowest BCUT2D eigenvalue weighted by Gasteiger charge is -2.24. The fourth-order valence-corrected chi connectivity index (χ4v) is 7.89. The number of rotatable bonds is 12. The Kier molecular flexibility index (Phi) is 12.1. The monoisotopic (exact) mass is 678 g/mol. The van der Waals surface area contributed by atoms with Crippen LogP contribution in [0.1, 0.15) is 109 Å². The highest BCUT2D eigenvalue weighted by atomic mass is 16.6. The smallest absolute Gasteiger partial charge is 0.407 e. The van der Waals surface area contributed by atoms with Gasteiger partial charge in [0.1, 0.15) is 24.7 Å². The first kappa shape index (κ1) is 35.1. The van der Waals surface area contributed by atoms with Crippen molar-refractivity contribution in [2.45, 2.75) is 102 Å². The summed E-state index contributed by atoms with van der Waals surface area (Å²) in [5.41, 5.74) is 6.34. The number of fused-ring (bicyclic) bond motifs is 1. The largest absolute Gasteiger partial charge is 0.496 e. The Morgan fingerprint density at radius 2 is 1.10 bits per heavy atom. The van der Waals surface area contributed by atoms with Gasteiger partial charge in [-0.2, -0.15) is 0 Å². The molecule has 0 aromatic heterocycles. The summed E-state index contributed by atoms with van der Waals surface area (Å²) in [6.07, 6.45) is 11.4. The van der Waals surface area contributed by atoms with Crippen molar-refractivity contribution in [3.63, 3.8) is 0 Å². The van der Waals surface area contributed by atoms with Gasteiger partial charge in [-0.15, -0.1) is 0 Å². The molecule has 0 radical (unpaired) electrons. The van der Waals surface area contributed by atoms with Crippen LogP contribution in [0, 0.1) is 0 Å². The van der Waals surface area contributed by atoms with Crippen LogP contribution in [0.15, 0.2) is 72.8 Å². The van der Waals surface area contributed by atoms with Crippen LogP contribution >= 0.6 is 0 Å². The van der Waals surface area contributed by atoms with Crippen LogP contribution in [-0.4, -0.2) is 26.4 Å². The van der Waals surface area contributed by atoms with Crippen LogP contribution in [0.25, 0.3) is 10.8 Å². The van der Waals surface area contributed by atoms with Crippen molar-refractivity contribution in [2.75, 3.05) is 14.2 Å². The zero-order valence-electron chi connectivity index (χ0n) is 29.4. The molecule has 2 saturated carbocycles. The highest BCUT2D eigenvalue weighted by Crippen LogP contribution is 2.37. The summed E-state index contributed by atoms with van der Waals surface area (Å²) < 4.78 is 22.9. The van der Waals surface area contributed by atoms with Gasteiger partial charge in [0.2, 0.25) is 0 Å². The van der Waals surface area contributed by atoms with Gasteiger partial charge in [0.25, 0.3) is 0 Å². The molecule has 0 spiro atoms. The maximum atomic E-state index is 12.9. The summed E-state index contributed by atoms with van der Waals surface area (Å²) >= 11 is 0. The van der Waals surface area contributed by atoms with Crippen LogP contribution in [0.4, 0.5) is 9.59 Å². The summed E-state index contributed by atoms with van der Waals surface area (Å²) in [5, 5.41) is 7.53. The first-order valence-corrected chi connectivity index (χ1v) is 18.2. The predicted molar refractivity (Wildman–Crippen MR) is 196 cm³/mol. The molecule has 0 unspecified atom stereocenters. The number of benzene rings is 4. The number of carbonyl (C=O) groups excluding carboxylic acids is 2. The van der Waals surface area contributed by atoms with Gasteiger partial charge in [0, 0.05) is 23.1 Å².